The second kappa shape index (κ2) is 8.39. The Morgan fingerprint density at radius 1 is 1.20 bits per heavy atom. The van der Waals surface area contributed by atoms with E-state index in [1.165, 1.54) is 40.9 Å². The maximum Gasteiger partial charge on any atom is 0.259 e. The summed E-state index contributed by atoms with van der Waals surface area (Å²) in [5.74, 6) is 0.236. The van der Waals surface area contributed by atoms with Crippen molar-refractivity contribution in [3.8, 4) is 0 Å². The third-order valence-electron chi connectivity index (χ3n) is 4.70. The fraction of sp³-hybridized carbons (Fsp3) is 0.273. The number of thioether (sulfide) groups is 1. The Hall–Kier alpha value is -3.00. The number of hydrogen-bond donors (Lipinski definition) is 1. The zero-order valence-corrected chi connectivity index (χ0v) is 17.4. The third kappa shape index (κ3) is 4.14. The molecule has 0 saturated heterocycles. The minimum Gasteiger partial charge on any atom is -0.325 e. The van der Waals surface area contributed by atoms with Gasteiger partial charge in [0.1, 0.15) is 17.7 Å². The van der Waals surface area contributed by atoms with Gasteiger partial charge in [-0.2, -0.15) is 0 Å². The normalized spacial score (nSPS) is 17.4. The van der Waals surface area contributed by atoms with Gasteiger partial charge in [-0.15, -0.1) is 0 Å². The van der Waals surface area contributed by atoms with Crippen LogP contribution in [0.2, 0.25) is 0 Å². The van der Waals surface area contributed by atoms with E-state index in [1.807, 2.05) is 24.3 Å². The van der Waals surface area contributed by atoms with Crippen molar-refractivity contribution in [3.05, 3.63) is 59.9 Å². The van der Waals surface area contributed by atoms with Crippen molar-refractivity contribution in [2.75, 3.05) is 11.1 Å². The summed E-state index contributed by atoms with van der Waals surface area (Å²) in [5, 5.41) is 3.16. The number of amides is 2. The Kier molecular flexibility index (Phi) is 5.67. The minimum absolute atomic E-state index is 0.0598. The summed E-state index contributed by atoms with van der Waals surface area (Å²) in [6.07, 6.45) is 0.657. The zero-order valence-electron chi connectivity index (χ0n) is 16.6. The van der Waals surface area contributed by atoms with Crippen LogP contribution in [0.1, 0.15) is 25.8 Å². The Morgan fingerprint density at radius 3 is 2.67 bits per heavy atom. The highest BCUT2D eigenvalue weighted by Crippen LogP contribution is 2.34. The molecule has 2 amide bonds. The summed E-state index contributed by atoms with van der Waals surface area (Å²) >= 11 is 1.18. The van der Waals surface area contributed by atoms with Crippen LogP contribution in [0, 0.1) is 11.7 Å². The maximum atomic E-state index is 13.0. The Labute approximate surface area is 178 Å². The van der Waals surface area contributed by atoms with Gasteiger partial charge in [0.15, 0.2) is 5.17 Å². The number of nitrogens with one attached hydrogen (secondary N) is 1. The van der Waals surface area contributed by atoms with Crippen LogP contribution in [-0.4, -0.2) is 39.5 Å². The van der Waals surface area contributed by atoms with Gasteiger partial charge in [0.25, 0.3) is 5.91 Å². The lowest BCUT2D eigenvalue weighted by atomic mass is 10.0. The molecule has 154 valence electrons. The van der Waals surface area contributed by atoms with Crippen LogP contribution in [0.15, 0.2) is 58.5 Å². The van der Waals surface area contributed by atoms with Crippen LogP contribution in [0.5, 0.6) is 0 Å². The van der Waals surface area contributed by atoms with E-state index >= 15 is 0 Å². The Morgan fingerprint density at radius 2 is 1.93 bits per heavy atom. The van der Waals surface area contributed by atoms with Gasteiger partial charge < -0.3 is 5.32 Å². The molecule has 0 radical (unpaired) electrons. The summed E-state index contributed by atoms with van der Waals surface area (Å²) in [7, 11) is 0. The summed E-state index contributed by atoms with van der Waals surface area (Å²) in [6, 6.07) is 12.7. The molecular formula is C22H21FN4O2S. The number of carbonyl (C=O) groups excluding carboxylic acids is 2. The van der Waals surface area contributed by atoms with Gasteiger partial charge in [-0.05, 0) is 48.7 Å². The first-order valence-electron chi connectivity index (χ1n) is 9.70. The molecule has 1 unspecified atom stereocenters. The summed E-state index contributed by atoms with van der Waals surface area (Å²) < 4.78 is 13.0. The van der Waals surface area contributed by atoms with Crippen LogP contribution in [0.3, 0.4) is 0 Å². The van der Waals surface area contributed by atoms with Gasteiger partial charge in [-0.1, -0.05) is 37.7 Å². The second-order valence-electron chi connectivity index (χ2n) is 7.53. The van der Waals surface area contributed by atoms with E-state index in [9.17, 15) is 14.0 Å². The molecule has 0 aliphatic carbocycles. The van der Waals surface area contributed by atoms with Crippen LogP contribution < -0.4 is 5.32 Å². The summed E-state index contributed by atoms with van der Waals surface area (Å²) in [5.41, 5.74) is 2.05. The fourth-order valence-electron chi connectivity index (χ4n) is 3.36. The number of nitrogens with zero attached hydrogens (tertiary/aromatic N) is 3. The van der Waals surface area contributed by atoms with Crippen molar-refractivity contribution >= 4 is 46.0 Å². The smallest absolute Gasteiger partial charge is 0.259 e. The molecule has 0 saturated carbocycles. The number of anilines is 1. The number of rotatable bonds is 5. The number of para-hydroxylation sites is 1. The van der Waals surface area contributed by atoms with Crippen LogP contribution in [0.4, 0.5) is 15.8 Å². The standard InChI is InChI=1S/C22H21FN4O2S/c1-13(2)11-18-21(29)27-20(25-18)16-5-3-4-6-17(16)26-22(27)30-12-19(28)24-15-9-7-14(23)8-10-15/h3-10,13,18H,11-12H2,1-2H3,(H,24,28). The van der Waals surface area contributed by atoms with E-state index < -0.39 is 6.04 Å². The number of carbonyl (C=O) groups is 2. The van der Waals surface area contributed by atoms with E-state index in [2.05, 4.69) is 29.1 Å². The molecule has 4 rings (SSSR count). The molecule has 0 aromatic heterocycles. The number of benzene rings is 2. The van der Waals surface area contributed by atoms with Gasteiger partial charge in [0, 0.05) is 11.3 Å². The third-order valence-corrected chi connectivity index (χ3v) is 5.64. The van der Waals surface area contributed by atoms with Gasteiger partial charge in [0.2, 0.25) is 5.91 Å². The average Bonchev–Trinajstić information content (AvgIpc) is 3.04. The molecule has 0 fully saturated rings. The number of hydrogen-bond acceptors (Lipinski definition) is 5. The number of halogens is 1. The van der Waals surface area contributed by atoms with Crippen LogP contribution in [-0.2, 0) is 9.59 Å². The van der Waals surface area contributed by atoms with Crippen molar-refractivity contribution in [2.45, 2.75) is 26.3 Å². The van der Waals surface area contributed by atoms with Crippen molar-refractivity contribution < 1.29 is 14.0 Å². The van der Waals surface area contributed by atoms with E-state index in [0.29, 0.717) is 29.0 Å². The van der Waals surface area contributed by atoms with E-state index in [1.54, 1.807) is 0 Å². The lowest BCUT2D eigenvalue weighted by Gasteiger charge is -2.25. The van der Waals surface area contributed by atoms with Gasteiger partial charge in [-0.3, -0.25) is 14.6 Å². The zero-order chi connectivity index (χ0) is 21.3. The number of amidine groups is 2. The molecule has 2 aromatic carbocycles. The predicted octanol–water partition coefficient (Wildman–Crippen LogP) is 4.20. The molecule has 2 heterocycles. The molecule has 1 N–H and O–H groups in total. The second-order valence-corrected chi connectivity index (χ2v) is 8.47. The van der Waals surface area contributed by atoms with Gasteiger partial charge in [0.05, 0.1) is 11.4 Å². The summed E-state index contributed by atoms with van der Waals surface area (Å²) in [6.45, 7) is 4.12. The van der Waals surface area contributed by atoms with E-state index in [4.69, 9.17) is 0 Å². The first kappa shape index (κ1) is 20.3. The largest absolute Gasteiger partial charge is 0.325 e. The first-order valence-corrected chi connectivity index (χ1v) is 10.7. The topological polar surface area (TPSA) is 74.1 Å². The van der Waals surface area contributed by atoms with Crippen molar-refractivity contribution in [1.82, 2.24) is 4.90 Å². The fourth-order valence-corrected chi connectivity index (χ4v) is 4.16. The molecule has 8 heteroatoms. The molecule has 2 aliphatic heterocycles. The van der Waals surface area contributed by atoms with Crippen molar-refractivity contribution in [2.24, 2.45) is 15.9 Å². The molecule has 0 spiro atoms. The lowest BCUT2D eigenvalue weighted by molar-refractivity contribution is -0.125. The van der Waals surface area contributed by atoms with Crippen LogP contribution in [0.25, 0.3) is 0 Å². The number of aliphatic imine (C=N–C) groups is 2. The Balaban J connectivity index is 1.53. The Bertz CT molecular complexity index is 1050. The SMILES string of the molecule is CC(C)CC1N=C2c3ccccc3N=C(SCC(=O)Nc3ccc(F)cc3)N2C1=O. The quantitative estimate of drug-likeness (QED) is 0.782. The van der Waals surface area contributed by atoms with Crippen molar-refractivity contribution in [3.63, 3.8) is 0 Å². The van der Waals surface area contributed by atoms with Crippen molar-refractivity contribution in [1.29, 1.82) is 0 Å². The van der Waals surface area contributed by atoms with Gasteiger partial charge >= 0.3 is 0 Å². The summed E-state index contributed by atoms with van der Waals surface area (Å²) in [4.78, 5) is 36.2. The first-order chi connectivity index (χ1) is 14.4. The monoisotopic (exact) mass is 424 g/mol. The van der Waals surface area contributed by atoms with E-state index in [0.717, 1.165) is 11.3 Å². The molecule has 6 nitrogen and oxygen atoms in total. The van der Waals surface area contributed by atoms with Crippen LogP contribution >= 0.6 is 11.8 Å². The predicted molar refractivity (Wildman–Crippen MR) is 118 cm³/mol. The molecule has 0 bridgehead atoms. The molecular weight excluding hydrogens is 403 g/mol. The van der Waals surface area contributed by atoms with Gasteiger partial charge in [-0.25, -0.2) is 14.3 Å². The van der Waals surface area contributed by atoms with E-state index in [-0.39, 0.29) is 23.4 Å². The molecule has 30 heavy (non-hydrogen) atoms. The maximum absolute atomic E-state index is 13.0. The highest BCUT2D eigenvalue weighted by Gasteiger charge is 2.41. The number of fused-ring (bicyclic) bond motifs is 3. The minimum atomic E-state index is -0.440. The average molecular weight is 425 g/mol. The highest BCUT2D eigenvalue weighted by atomic mass is 32.2. The highest BCUT2D eigenvalue weighted by molar-refractivity contribution is 8.14. The lowest BCUT2D eigenvalue weighted by Crippen LogP contribution is -2.41. The molecule has 2 aliphatic rings. The molecule has 1 atom stereocenters. The molecule has 2 aromatic rings.